The van der Waals surface area contributed by atoms with Crippen molar-refractivity contribution in [1.82, 2.24) is 5.32 Å². The Morgan fingerprint density at radius 1 is 1.44 bits per heavy atom. The lowest BCUT2D eigenvalue weighted by Gasteiger charge is -2.14. The molecule has 0 spiro atoms. The number of rotatable bonds is 6. The zero-order valence-electron chi connectivity index (χ0n) is 10.9. The van der Waals surface area contributed by atoms with Gasteiger partial charge in [0.15, 0.2) is 0 Å². The van der Waals surface area contributed by atoms with Crippen LogP contribution < -0.4 is 5.32 Å². The number of carbonyl (C=O) groups is 1. The first-order valence-corrected chi connectivity index (χ1v) is 6.23. The van der Waals surface area contributed by atoms with Gasteiger partial charge in [0.2, 0.25) is 0 Å². The van der Waals surface area contributed by atoms with Crippen molar-refractivity contribution >= 4 is 5.91 Å². The highest BCUT2D eigenvalue weighted by Gasteiger charge is 2.11. The number of hydrogen-bond donors (Lipinski definition) is 2. The molecular formula is C14H20FNO2. The normalized spacial score (nSPS) is 12.2. The van der Waals surface area contributed by atoms with Crippen LogP contribution >= 0.6 is 0 Å². The quantitative estimate of drug-likeness (QED) is 0.817. The van der Waals surface area contributed by atoms with Gasteiger partial charge in [0, 0.05) is 18.7 Å². The van der Waals surface area contributed by atoms with E-state index in [2.05, 4.69) is 5.32 Å². The third-order valence-corrected chi connectivity index (χ3v) is 2.97. The van der Waals surface area contributed by atoms with Crippen LogP contribution in [0.4, 0.5) is 4.39 Å². The lowest BCUT2D eigenvalue weighted by Crippen LogP contribution is -2.29. The molecule has 18 heavy (non-hydrogen) atoms. The molecule has 1 aromatic rings. The number of aliphatic hydroxyl groups is 1. The molecular weight excluding hydrogens is 233 g/mol. The lowest BCUT2D eigenvalue weighted by molar-refractivity contribution is 0.0943. The van der Waals surface area contributed by atoms with Gasteiger partial charge in [-0.15, -0.1) is 0 Å². The predicted octanol–water partition coefficient (Wildman–Crippen LogP) is 2.27. The van der Waals surface area contributed by atoms with Gasteiger partial charge in [-0.3, -0.25) is 4.79 Å². The molecule has 1 rings (SSSR count). The molecule has 0 bridgehead atoms. The molecule has 0 fully saturated rings. The zero-order chi connectivity index (χ0) is 13.5. The number of hydrogen-bond acceptors (Lipinski definition) is 2. The number of aryl methyl sites for hydroxylation is 1. The summed E-state index contributed by atoms with van der Waals surface area (Å²) in [5, 5.41) is 11.6. The highest BCUT2D eigenvalue weighted by atomic mass is 19.1. The van der Waals surface area contributed by atoms with E-state index in [9.17, 15) is 9.18 Å². The molecule has 0 radical (unpaired) electrons. The Hall–Kier alpha value is -1.42. The van der Waals surface area contributed by atoms with Crippen molar-refractivity contribution in [3.05, 3.63) is 35.1 Å². The van der Waals surface area contributed by atoms with Crippen molar-refractivity contribution in [2.45, 2.75) is 26.7 Å². The Kier molecular flexibility index (Phi) is 5.78. The largest absolute Gasteiger partial charge is 0.396 e. The topological polar surface area (TPSA) is 49.3 Å². The van der Waals surface area contributed by atoms with Crippen LogP contribution in [0.1, 0.15) is 35.7 Å². The van der Waals surface area contributed by atoms with Gasteiger partial charge < -0.3 is 10.4 Å². The summed E-state index contributed by atoms with van der Waals surface area (Å²) < 4.78 is 13.2. The van der Waals surface area contributed by atoms with E-state index in [-0.39, 0.29) is 18.4 Å². The number of carbonyl (C=O) groups excluding carboxylic acids is 1. The van der Waals surface area contributed by atoms with Crippen LogP contribution in [0, 0.1) is 18.7 Å². The monoisotopic (exact) mass is 253 g/mol. The molecule has 1 atom stereocenters. The van der Waals surface area contributed by atoms with Crippen molar-refractivity contribution < 1.29 is 14.3 Å². The van der Waals surface area contributed by atoms with Crippen molar-refractivity contribution in [1.29, 1.82) is 0 Å². The number of aliphatic hydroxyl groups excluding tert-OH is 1. The molecule has 1 amide bonds. The number of amides is 1. The molecule has 1 aromatic carbocycles. The summed E-state index contributed by atoms with van der Waals surface area (Å²) >= 11 is 0. The zero-order valence-corrected chi connectivity index (χ0v) is 10.9. The summed E-state index contributed by atoms with van der Waals surface area (Å²) in [6, 6.07) is 4.28. The molecule has 0 heterocycles. The van der Waals surface area contributed by atoms with Crippen LogP contribution in [0.2, 0.25) is 0 Å². The second-order valence-corrected chi connectivity index (χ2v) is 4.51. The van der Waals surface area contributed by atoms with Crippen LogP contribution in [-0.4, -0.2) is 24.2 Å². The van der Waals surface area contributed by atoms with Crippen LogP contribution in [-0.2, 0) is 0 Å². The summed E-state index contributed by atoms with van der Waals surface area (Å²) in [6.45, 7) is 4.39. The maximum Gasteiger partial charge on any atom is 0.251 e. The SMILES string of the molecule is CCC(CCO)CNC(=O)c1cc(C)cc(F)c1. The predicted molar refractivity (Wildman–Crippen MR) is 69.0 cm³/mol. The lowest BCUT2D eigenvalue weighted by atomic mass is 10.0. The minimum absolute atomic E-state index is 0.119. The first-order valence-electron chi connectivity index (χ1n) is 6.23. The minimum Gasteiger partial charge on any atom is -0.396 e. The van der Waals surface area contributed by atoms with Crippen molar-refractivity contribution in [3.8, 4) is 0 Å². The van der Waals surface area contributed by atoms with E-state index in [1.165, 1.54) is 12.1 Å². The summed E-state index contributed by atoms with van der Waals surface area (Å²) in [5.74, 6) is -0.412. The molecule has 2 N–H and O–H groups in total. The molecule has 0 aromatic heterocycles. The van der Waals surface area contributed by atoms with Crippen LogP contribution in [0.3, 0.4) is 0 Å². The third-order valence-electron chi connectivity index (χ3n) is 2.97. The van der Waals surface area contributed by atoms with Gasteiger partial charge in [-0.1, -0.05) is 13.3 Å². The van der Waals surface area contributed by atoms with E-state index in [4.69, 9.17) is 5.11 Å². The Morgan fingerprint density at radius 2 is 2.17 bits per heavy atom. The smallest absolute Gasteiger partial charge is 0.251 e. The van der Waals surface area contributed by atoms with Gasteiger partial charge in [0.1, 0.15) is 5.82 Å². The van der Waals surface area contributed by atoms with Gasteiger partial charge in [-0.2, -0.15) is 0 Å². The van der Waals surface area contributed by atoms with E-state index in [0.29, 0.717) is 18.5 Å². The van der Waals surface area contributed by atoms with E-state index in [0.717, 1.165) is 12.0 Å². The van der Waals surface area contributed by atoms with E-state index in [1.807, 2.05) is 6.92 Å². The van der Waals surface area contributed by atoms with Crippen molar-refractivity contribution in [3.63, 3.8) is 0 Å². The number of benzene rings is 1. The van der Waals surface area contributed by atoms with Gasteiger partial charge >= 0.3 is 0 Å². The second-order valence-electron chi connectivity index (χ2n) is 4.51. The van der Waals surface area contributed by atoms with Crippen LogP contribution in [0.15, 0.2) is 18.2 Å². The van der Waals surface area contributed by atoms with Crippen LogP contribution in [0.25, 0.3) is 0 Å². The van der Waals surface area contributed by atoms with Crippen LogP contribution in [0.5, 0.6) is 0 Å². The summed E-state index contributed by atoms with van der Waals surface area (Å²) in [7, 11) is 0. The van der Waals surface area contributed by atoms with Gasteiger partial charge in [0.25, 0.3) is 5.91 Å². The molecule has 0 aliphatic heterocycles. The average molecular weight is 253 g/mol. The molecule has 0 saturated carbocycles. The minimum atomic E-state index is -0.400. The highest BCUT2D eigenvalue weighted by Crippen LogP contribution is 2.10. The standard InChI is InChI=1S/C14H20FNO2/c1-3-11(4-5-17)9-16-14(18)12-6-10(2)7-13(15)8-12/h6-8,11,17H,3-5,9H2,1-2H3,(H,16,18). The molecule has 4 heteroatoms. The number of halogens is 1. The Bertz CT molecular complexity index is 387. The summed E-state index contributed by atoms with van der Waals surface area (Å²) in [6.07, 6.45) is 1.56. The highest BCUT2D eigenvalue weighted by molar-refractivity contribution is 5.94. The third kappa shape index (κ3) is 4.45. The maximum atomic E-state index is 13.2. The van der Waals surface area contributed by atoms with Gasteiger partial charge in [0.05, 0.1) is 0 Å². The first kappa shape index (κ1) is 14.6. The first-order chi connectivity index (χ1) is 8.56. The fourth-order valence-corrected chi connectivity index (χ4v) is 1.84. The second kappa shape index (κ2) is 7.11. The van der Waals surface area contributed by atoms with Crippen molar-refractivity contribution in [2.24, 2.45) is 5.92 Å². The molecule has 0 aliphatic rings. The fraction of sp³-hybridized carbons (Fsp3) is 0.500. The molecule has 1 unspecified atom stereocenters. The average Bonchev–Trinajstić information content (AvgIpc) is 2.32. The van der Waals surface area contributed by atoms with E-state index in [1.54, 1.807) is 13.0 Å². The summed E-state index contributed by atoms with van der Waals surface area (Å²) in [4.78, 5) is 11.8. The van der Waals surface area contributed by atoms with Crippen molar-refractivity contribution in [2.75, 3.05) is 13.2 Å². The van der Waals surface area contributed by atoms with E-state index < -0.39 is 5.82 Å². The molecule has 3 nitrogen and oxygen atoms in total. The van der Waals surface area contributed by atoms with Gasteiger partial charge in [-0.05, 0) is 43.0 Å². The summed E-state index contributed by atoms with van der Waals surface area (Å²) in [5.41, 5.74) is 1.06. The fourth-order valence-electron chi connectivity index (χ4n) is 1.84. The Labute approximate surface area is 107 Å². The van der Waals surface area contributed by atoms with E-state index >= 15 is 0 Å². The molecule has 0 saturated heterocycles. The number of nitrogens with one attached hydrogen (secondary N) is 1. The Balaban J connectivity index is 2.59. The van der Waals surface area contributed by atoms with Gasteiger partial charge in [-0.25, -0.2) is 4.39 Å². The molecule has 0 aliphatic carbocycles. The Morgan fingerprint density at radius 3 is 2.72 bits per heavy atom. The molecule has 100 valence electrons. The maximum absolute atomic E-state index is 13.2.